The van der Waals surface area contributed by atoms with Crippen LogP contribution in [0.4, 0.5) is 0 Å². The van der Waals surface area contributed by atoms with Crippen molar-refractivity contribution in [1.82, 2.24) is 9.80 Å². The van der Waals surface area contributed by atoms with Crippen LogP contribution in [0.3, 0.4) is 0 Å². The van der Waals surface area contributed by atoms with Gasteiger partial charge in [0.2, 0.25) is 0 Å². The monoisotopic (exact) mass is 268 g/mol. The Morgan fingerprint density at radius 2 is 1.00 bits per heavy atom. The maximum atomic E-state index is 5.67. The van der Waals surface area contributed by atoms with Crippen molar-refractivity contribution >= 4 is 23.2 Å². The van der Waals surface area contributed by atoms with Crippen LogP contribution >= 0.6 is 23.2 Å². The minimum absolute atomic E-state index is 0.736. The molecule has 0 fully saturated rings. The molecule has 16 heavy (non-hydrogen) atoms. The second-order valence-corrected chi connectivity index (χ2v) is 5.15. The van der Waals surface area contributed by atoms with Gasteiger partial charge < -0.3 is 9.80 Å². The highest BCUT2D eigenvalue weighted by atomic mass is 35.5. The van der Waals surface area contributed by atoms with E-state index in [9.17, 15) is 0 Å². The van der Waals surface area contributed by atoms with E-state index in [-0.39, 0.29) is 0 Å². The van der Waals surface area contributed by atoms with E-state index >= 15 is 0 Å². The van der Waals surface area contributed by atoms with E-state index in [1.54, 1.807) is 0 Å². The molecule has 0 radical (unpaired) electrons. The minimum Gasteiger partial charge on any atom is -0.305 e. The smallest absolute Gasteiger partial charge is 0.0351 e. The lowest BCUT2D eigenvalue weighted by Gasteiger charge is -2.16. The van der Waals surface area contributed by atoms with Crippen LogP contribution in [0.2, 0.25) is 0 Å². The summed E-state index contributed by atoms with van der Waals surface area (Å²) in [6, 6.07) is 0. The molecule has 0 spiro atoms. The molecule has 0 rings (SSSR count). The van der Waals surface area contributed by atoms with Gasteiger partial charge in [0.1, 0.15) is 0 Å². The van der Waals surface area contributed by atoms with Gasteiger partial charge in [0.15, 0.2) is 0 Å². The van der Waals surface area contributed by atoms with E-state index in [2.05, 4.69) is 23.9 Å². The molecular formula is C12H26Cl2N2. The Labute approximate surface area is 111 Å². The van der Waals surface area contributed by atoms with Crippen molar-refractivity contribution in [2.75, 3.05) is 52.0 Å². The molecule has 0 bridgehead atoms. The Balaban J connectivity index is 3.15. The summed E-state index contributed by atoms with van der Waals surface area (Å²) in [6.07, 6.45) is 5.21. The van der Waals surface area contributed by atoms with Crippen LogP contribution in [0.5, 0.6) is 0 Å². The van der Waals surface area contributed by atoms with Gasteiger partial charge in [0.25, 0.3) is 0 Å². The summed E-state index contributed by atoms with van der Waals surface area (Å²) < 4.78 is 0. The lowest BCUT2D eigenvalue weighted by atomic mass is 10.2. The van der Waals surface area contributed by atoms with Crippen molar-refractivity contribution in [3.63, 3.8) is 0 Å². The van der Waals surface area contributed by atoms with Gasteiger partial charge in [-0.25, -0.2) is 0 Å². The number of rotatable bonds is 11. The Morgan fingerprint density at radius 1 is 0.625 bits per heavy atom. The fraction of sp³-hybridized carbons (Fsp3) is 1.00. The molecule has 0 N–H and O–H groups in total. The first-order valence-corrected chi connectivity index (χ1v) is 7.26. The van der Waals surface area contributed by atoms with Crippen LogP contribution in [0.25, 0.3) is 0 Å². The summed E-state index contributed by atoms with van der Waals surface area (Å²) in [7, 11) is 4.27. The average molecular weight is 269 g/mol. The zero-order chi connectivity index (χ0) is 12.2. The number of unbranched alkanes of at least 4 members (excludes halogenated alkanes) is 3. The third-order valence-electron chi connectivity index (χ3n) is 2.76. The van der Waals surface area contributed by atoms with E-state index < -0.39 is 0 Å². The third-order valence-corrected chi connectivity index (χ3v) is 3.10. The Bertz CT molecular complexity index is 129. The predicted molar refractivity (Wildman–Crippen MR) is 74.9 cm³/mol. The molecule has 4 heteroatoms. The second-order valence-electron chi connectivity index (χ2n) is 4.40. The topological polar surface area (TPSA) is 6.48 Å². The maximum Gasteiger partial charge on any atom is 0.0351 e. The van der Waals surface area contributed by atoms with Crippen molar-refractivity contribution in [2.45, 2.75) is 25.7 Å². The summed E-state index contributed by atoms with van der Waals surface area (Å²) in [4.78, 5) is 4.60. The fourth-order valence-corrected chi connectivity index (χ4v) is 2.21. The number of hydrogen-bond donors (Lipinski definition) is 0. The van der Waals surface area contributed by atoms with Crippen LogP contribution in [0, 0.1) is 0 Å². The largest absolute Gasteiger partial charge is 0.305 e. The Morgan fingerprint density at radius 3 is 1.31 bits per heavy atom. The molecule has 0 aromatic rings. The van der Waals surface area contributed by atoms with Gasteiger partial charge in [-0.05, 0) is 40.0 Å². The third kappa shape index (κ3) is 11.0. The first kappa shape index (κ1) is 16.5. The zero-order valence-electron chi connectivity index (χ0n) is 10.7. The molecule has 0 atom stereocenters. The molecule has 0 aliphatic heterocycles. The highest BCUT2D eigenvalue weighted by molar-refractivity contribution is 6.18. The normalized spacial score (nSPS) is 11.6. The molecule has 0 aliphatic rings. The van der Waals surface area contributed by atoms with Gasteiger partial charge in [-0.15, -0.1) is 23.2 Å². The molecule has 0 saturated heterocycles. The summed E-state index contributed by atoms with van der Waals surface area (Å²) in [5.41, 5.74) is 0. The minimum atomic E-state index is 0.736. The Kier molecular flexibility index (Phi) is 12.3. The van der Waals surface area contributed by atoms with E-state index in [1.165, 1.54) is 38.8 Å². The molecule has 0 aromatic carbocycles. The summed E-state index contributed by atoms with van der Waals surface area (Å²) in [5, 5.41) is 0. The van der Waals surface area contributed by atoms with Crippen molar-refractivity contribution in [1.29, 1.82) is 0 Å². The molecule has 0 saturated carbocycles. The predicted octanol–water partition coefficient (Wildman–Crippen LogP) is 2.89. The summed E-state index contributed by atoms with van der Waals surface area (Å²) in [5.74, 6) is 1.47. The van der Waals surface area contributed by atoms with Gasteiger partial charge in [-0.3, -0.25) is 0 Å². The molecule has 0 aromatic heterocycles. The van der Waals surface area contributed by atoms with Crippen LogP contribution in [-0.2, 0) is 0 Å². The molecule has 98 valence electrons. The van der Waals surface area contributed by atoms with Gasteiger partial charge in [-0.2, -0.15) is 0 Å². The molecular weight excluding hydrogens is 243 g/mol. The zero-order valence-corrected chi connectivity index (χ0v) is 12.2. The highest BCUT2D eigenvalue weighted by Gasteiger charge is 1.98. The molecule has 0 aliphatic carbocycles. The van der Waals surface area contributed by atoms with E-state index in [4.69, 9.17) is 23.2 Å². The lowest BCUT2D eigenvalue weighted by Crippen LogP contribution is -2.22. The van der Waals surface area contributed by atoms with Crippen LogP contribution in [0.1, 0.15) is 25.7 Å². The fourth-order valence-electron chi connectivity index (χ4n) is 1.63. The number of halogens is 2. The van der Waals surface area contributed by atoms with Crippen LogP contribution in [-0.4, -0.2) is 61.8 Å². The van der Waals surface area contributed by atoms with Gasteiger partial charge in [0.05, 0.1) is 0 Å². The molecule has 0 heterocycles. The first-order chi connectivity index (χ1) is 7.70. The van der Waals surface area contributed by atoms with Crippen molar-refractivity contribution < 1.29 is 0 Å². The standard InChI is InChI=1S/C12H26Cl2N2/c1-15(11-7-13)9-5-3-4-6-10-16(2)12-8-14/h3-12H2,1-2H3. The Hall–Kier alpha value is 0.500. The number of nitrogens with zero attached hydrogens (tertiary/aromatic N) is 2. The van der Waals surface area contributed by atoms with Gasteiger partial charge >= 0.3 is 0 Å². The van der Waals surface area contributed by atoms with E-state index in [1.807, 2.05) is 0 Å². The van der Waals surface area contributed by atoms with Gasteiger partial charge in [0, 0.05) is 24.8 Å². The maximum absolute atomic E-state index is 5.67. The molecule has 0 amide bonds. The summed E-state index contributed by atoms with van der Waals surface area (Å²) >= 11 is 11.3. The molecule has 0 unspecified atom stereocenters. The van der Waals surface area contributed by atoms with E-state index in [0.29, 0.717) is 0 Å². The van der Waals surface area contributed by atoms with Crippen molar-refractivity contribution in [3.05, 3.63) is 0 Å². The first-order valence-electron chi connectivity index (χ1n) is 6.19. The van der Waals surface area contributed by atoms with Crippen LogP contribution in [0.15, 0.2) is 0 Å². The number of alkyl halides is 2. The highest BCUT2D eigenvalue weighted by Crippen LogP contribution is 2.02. The van der Waals surface area contributed by atoms with Crippen molar-refractivity contribution in [3.8, 4) is 0 Å². The second kappa shape index (κ2) is 12.0. The van der Waals surface area contributed by atoms with Crippen LogP contribution < -0.4 is 0 Å². The van der Waals surface area contributed by atoms with E-state index in [0.717, 1.165) is 24.8 Å². The summed E-state index contributed by atoms with van der Waals surface area (Å²) in [6.45, 7) is 4.34. The quantitative estimate of drug-likeness (QED) is 0.420. The SMILES string of the molecule is CN(CCCl)CCCCCCN(C)CCCl. The number of hydrogen-bond acceptors (Lipinski definition) is 2. The van der Waals surface area contributed by atoms with Gasteiger partial charge in [-0.1, -0.05) is 12.8 Å². The van der Waals surface area contributed by atoms with Crippen molar-refractivity contribution in [2.24, 2.45) is 0 Å². The lowest BCUT2D eigenvalue weighted by molar-refractivity contribution is 0.326. The average Bonchev–Trinajstić information content (AvgIpc) is 2.24. The molecule has 2 nitrogen and oxygen atoms in total.